The first kappa shape index (κ1) is 9.47. The molecule has 0 aromatic heterocycles. The van der Waals surface area contributed by atoms with Crippen molar-refractivity contribution in [1.82, 2.24) is 0 Å². The molecular weight excluding hydrogens is 172 g/mol. The highest BCUT2D eigenvalue weighted by Gasteiger charge is 2.11. The summed E-state index contributed by atoms with van der Waals surface area (Å²) in [6, 6.07) is 8.52. The zero-order chi connectivity index (χ0) is 9.97. The lowest BCUT2D eigenvalue weighted by atomic mass is 9.92. The summed E-state index contributed by atoms with van der Waals surface area (Å²) in [4.78, 5) is 0. The summed E-state index contributed by atoms with van der Waals surface area (Å²) >= 11 is 0. The van der Waals surface area contributed by atoms with Crippen molar-refractivity contribution in [2.45, 2.75) is 32.3 Å². The van der Waals surface area contributed by atoms with Crippen molar-refractivity contribution in [1.29, 1.82) is 0 Å². The van der Waals surface area contributed by atoms with Crippen molar-refractivity contribution in [3.05, 3.63) is 41.5 Å². The van der Waals surface area contributed by atoms with Gasteiger partial charge < -0.3 is 5.11 Å². The van der Waals surface area contributed by atoms with Crippen LogP contribution in [0.3, 0.4) is 0 Å². The van der Waals surface area contributed by atoms with Gasteiger partial charge in [-0.05, 0) is 37.3 Å². The molecule has 1 aromatic carbocycles. The van der Waals surface area contributed by atoms with E-state index in [0.717, 1.165) is 19.3 Å². The number of aliphatic hydroxyl groups excluding tert-OH is 1. The van der Waals surface area contributed by atoms with Crippen molar-refractivity contribution >= 4 is 5.57 Å². The molecule has 0 aliphatic heterocycles. The second-order valence-electron chi connectivity index (χ2n) is 4.02. The van der Waals surface area contributed by atoms with E-state index in [4.69, 9.17) is 0 Å². The van der Waals surface area contributed by atoms with E-state index in [2.05, 4.69) is 31.2 Å². The zero-order valence-electron chi connectivity index (χ0n) is 8.53. The van der Waals surface area contributed by atoms with Crippen molar-refractivity contribution in [3.63, 3.8) is 0 Å². The summed E-state index contributed by atoms with van der Waals surface area (Å²) in [5, 5.41) is 9.52. The number of benzene rings is 1. The molecule has 1 heteroatoms. The third-order valence-electron chi connectivity index (χ3n) is 2.76. The Kier molecular flexibility index (Phi) is 2.69. The van der Waals surface area contributed by atoms with Crippen LogP contribution >= 0.6 is 0 Å². The van der Waals surface area contributed by atoms with E-state index in [-0.39, 0.29) is 6.10 Å². The first-order valence-electron chi connectivity index (χ1n) is 5.21. The van der Waals surface area contributed by atoms with Crippen LogP contribution in [-0.4, -0.2) is 11.2 Å². The minimum atomic E-state index is -0.236. The monoisotopic (exact) mass is 188 g/mol. The van der Waals surface area contributed by atoms with Gasteiger partial charge in [0.1, 0.15) is 0 Å². The van der Waals surface area contributed by atoms with Gasteiger partial charge in [-0.25, -0.2) is 0 Å². The van der Waals surface area contributed by atoms with Gasteiger partial charge >= 0.3 is 0 Å². The third-order valence-corrected chi connectivity index (χ3v) is 2.76. The number of hydrogen-bond donors (Lipinski definition) is 1. The van der Waals surface area contributed by atoms with Crippen LogP contribution < -0.4 is 0 Å². The summed E-state index contributed by atoms with van der Waals surface area (Å²) in [6.45, 7) is 2.09. The molecule has 1 aliphatic carbocycles. The van der Waals surface area contributed by atoms with Gasteiger partial charge in [0.25, 0.3) is 0 Å². The maximum absolute atomic E-state index is 9.52. The summed E-state index contributed by atoms with van der Waals surface area (Å²) in [5.41, 5.74) is 3.84. The van der Waals surface area contributed by atoms with Gasteiger partial charge in [0.2, 0.25) is 0 Å². The van der Waals surface area contributed by atoms with Gasteiger partial charge in [-0.15, -0.1) is 0 Å². The topological polar surface area (TPSA) is 20.2 Å². The minimum Gasteiger partial charge on any atom is -0.389 e. The van der Waals surface area contributed by atoms with E-state index < -0.39 is 0 Å². The largest absolute Gasteiger partial charge is 0.389 e. The average molecular weight is 188 g/mol. The van der Waals surface area contributed by atoms with Crippen LogP contribution in [0.5, 0.6) is 0 Å². The molecular formula is C13H16O. The zero-order valence-corrected chi connectivity index (χ0v) is 8.53. The van der Waals surface area contributed by atoms with Crippen LogP contribution in [0.1, 0.15) is 30.4 Å². The lowest BCUT2D eigenvalue weighted by Gasteiger charge is -2.17. The molecule has 0 unspecified atom stereocenters. The molecule has 1 atom stereocenters. The van der Waals surface area contributed by atoms with Crippen molar-refractivity contribution in [2.24, 2.45) is 0 Å². The van der Waals surface area contributed by atoms with Gasteiger partial charge in [-0.1, -0.05) is 35.9 Å². The maximum Gasteiger partial charge on any atom is 0.0726 e. The average Bonchev–Trinajstić information content (AvgIpc) is 2.19. The molecule has 74 valence electrons. The fraction of sp³-hybridized carbons (Fsp3) is 0.385. The molecule has 1 nitrogen and oxygen atoms in total. The first-order chi connectivity index (χ1) is 6.75. The van der Waals surface area contributed by atoms with Gasteiger partial charge in [0, 0.05) is 0 Å². The lowest BCUT2D eigenvalue weighted by molar-refractivity contribution is 0.206. The molecule has 14 heavy (non-hydrogen) atoms. The normalized spacial score (nSPS) is 21.9. The number of allylic oxidation sites excluding steroid dienone is 1. The molecule has 1 aliphatic rings. The Balaban J connectivity index is 2.26. The molecule has 0 fully saturated rings. The van der Waals surface area contributed by atoms with Crippen LogP contribution in [0.2, 0.25) is 0 Å². The van der Waals surface area contributed by atoms with E-state index in [9.17, 15) is 5.11 Å². The number of aliphatic hydroxyl groups is 1. The molecule has 1 aromatic rings. The van der Waals surface area contributed by atoms with Crippen molar-refractivity contribution < 1.29 is 5.11 Å². The summed E-state index contributed by atoms with van der Waals surface area (Å²) in [5.74, 6) is 0. The first-order valence-corrected chi connectivity index (χ1v) is 5.21. The van der Waals surface area contributed by atoms with Crippen molar-refractivity contribution in [3.8, 4) is 0 Å². The van der Waals surface area contributed by atoms with Gasteiger partial charge in [0.15, 0.2) is 0 Å². The lowest BCUT2D eigenvalue weighted by Crippen LogP contribution is -2.08. The van der Waals surface area contributed by atoms with Gasteiger partial charge in [0.05, 0.1) is 6.10 Å². The molecule has 1 N–H and O–H groups in total. The Bertz CT molecular complexity index is 335. The van der Waals surface area contributed by atoms with Gasteiger partial charge in [-0.2, -0.15) is 0 Å². The third kappa shape index (κ3) is 2.05. The second kappa shape index (κ2) is 3.97. The van der Waals surface area contributed by atoms with Crippen LogP contribution in [0.15, 0.2) is 30.3 Å². The highest BCUT2D eigenvalue weighted by molar-refractivity contribution is 5.66. The predicted octanol–water partition coefficient (Wildman–Crippen LogP) is 2.92. The molecule has 0 amide bonds. The predicted molar refractivity (Wildman–Crippen MR) is 59.0 cm³/mol. The molecule has 0 saturated carbocycles. The van der Waals surface area contributed by atoms with Crippen LogP contribution in [0.4, 0.5) is 0 Å². The highest BCUT2D eigenvalue weighted by Crippen LogP contribution is 2.26. The Morgan fingerprint density at radius 3 is 2.57 bits per heavy atom. The number of hydrogen-bond acceptors (Lipinski definition) is 1. The van der Waals surface area contributed by atoms with Crippen LogP contribution in [0.25, 0.3) is 5.57 Å². The second-order valence-corrected chi connectivity index (χ2v) is 4.02. The molecule has 0 bridgehead atoms. The highest BCUT2D eigenvalue weighted by atomic mass is 16.3. The summed E-state index contributed by atoms with van der Waals surface area (Å²) in [7, 11) is 0. The Labute approximate surface area is 85.1 Å². The molecule has 0 radical (unpaired) electrons. The van der Waals surface area contributed by atoms with Crippen molar-refractivity contribution in [2.75, 3.05) is 0 Å². The summed E-state index contributed by atoms with van der Waals surface area (Å²) in [6.07, 6.45) is 4.87. The Morgan fingerprint density at radius 2 is 1.93 bits per heavy atom. The fourth-order valence-electron chi connectivity index (χ4n) is 1.91. The van der Waals surface area contributed by atoms with E-state index >= 15 is 0 Å². The van der Waals surface area contributed by atoms with E-state index in [1.54, 1.807) is 0 Å². The van der Waals surface area contributed by atoms with Crippen LogP contribution in [0, 0.1) is 6.92 Å². The Hall–Kier alpha value is -1.08. The standard InChI is InChI=1S/C13H16O/c1-10-5-7-11(8-6-10)12-3-2-4-13(14)9-12/h5-9,13-14H,2-4H2,1H3/t13-/m1/s1. The quantitative estimate of drug-likeness (QED) is 0.718. The van der Waals surface area contributed by atoms with Crippen LogP contribution in [-0.2, 0) is 0 Å². The molecule has 2 rings (SSSR count). The fourth-order valence-corrected chi connectivity index (χ4v) is 1.91. The van der Waals surface area contributed by atoms with E-state index in [1.807, 2.05) is 6.08 Å². The number of rotatable bonds is 1. The maximum atomic E-state index is 9.52. The number of aryl methyl sites for hydroxylation is 1. The van der Waals surface area contributed by atoms with Gasteiger partial charge in [-0.3, -0.25) is 0 Å². The minimum absolute atomic E-state index is 0.236. The SMILES string of the molecule is Cc1ccc(C2=C[C@H](O)CCC2)cc1. The molecule has 0 spiro atoms. The molecule has 0 saturated heterocycles. The molecule has 0 heterocycles. The smallest absolute Gasteiger partial charge is 0.0726 e. The Morgan fingerprint density at radius 1 is 1.21 bits per heavy atom. The van der Waals surface area contributed by atoms with E-state index in [1.165, 1.54) is 16.7 Å². The van der Waals surface area contributed by atoms with E-state index in [0.29, 0.717) is 0 Å². The summed E-state index contributed by atoms with van der Waals surface area (Å²) < 4.78 is 0.